The van der Waals surface area contributed by atoms with Gasteiger partial charge in [0, 0.05) is 22.6 Å². The fourth-order valence-electron chi connectivity index (χ4n) is 3.08. The van der Waals surface area contributed by atoms with Crippen molar-refractivity contribution in [3.8, 4) is 17.1 Å². The highest BCUT2D eigenvalue weighted by atomic mass is 32.2. The summed E-state index contributed by atoms with van der Waals surface area (Å²) in [6, 6.07) is 12.8. The number of carboxylic acids is 1. The van der Waals surface area contributed by atoms with Crippen LogP contribution in [-0.4, -0.2) is 32.0 Å². The minimum absolute atomic E-state index is 0.260. The summed E-state index contributed by atoms with van der Waals surface area (Å²) in [7, 11) is 0. The number of carboxylic acid groups (broad SMARTS) is 1. The van der Waals surface area contributed by atoms with E-state index < -0.39 is 12.2 Å². The van der Waals surface area contributed by atoms with Crippen LogP contribution in [0.5, 0.6) is 5.88 Å². The first-order valence-electron chi connectivity index (χ1n) is 8.91. The van der Waals surface area contributed by atoms with Crippen molar-refractivity contribution in [1.29, 1.82) is 0 Å². The van der Waals surface area contributed by atoms with Crippen molar-refractivity contribution in [2.45, 2.75) is 18.3 Å². The maximum absolute atomic E-state index is 11.3. The molecule has 1 aliphatic rings. The quantitative estimate of drug-likeness (QED) is 0.477. The minimum Gasteiger partial charge on any atom is -0.478 e. The van der Waals surface area contributed by atoms with Gasteiger partial charge in [-0.25, -0.2) is 4.79 Å². The highest BCUT2D eigenvalue weighted by Crippen LogP contribution is 2.39. The van der Waals surface area contributed by atoms with E-state index in [9.17, 15) is 9.90 Å². The molecule has 1 unspecified atom stereocenters. The van der Waals surface area contributed by atoms with Gasteiger partial charge in [-0.05, 0) is 30.7 Å². The number of anilines is 1. The Hall–Kier alpha value is -3.39. The van der Waals surface area contributed by atoms with Crippen molar-refractivity contribution in [3.05, 3.63) is 71.8 Å². The lowest BCUT2D eigenvalue weighted by Crippen LogP contribution is -2.17. The SMILES string of the molecule is C=CCSc1nnc2c(n1)OC(c1ccc(C(=O)O)c(C)c1)Nc1ccccc1-2. The lowest BCUT2D eigenvalue weighted by molar-refractivity contribution is 0.0696. The van der Waals surface area contributed by atoms with Gasteiger partial charge in [0.2, 0.25) is 11.0 Å². The van der Waals surface area contributed by atoms with Gasteiger partial charge in [-0.2, -0.15) is 4.98 Å². The number of para-hydroxylation sites is 1. The average molecular weight is 406 g/mol. The molecule has 3 aromatic rings. The number of hydrogen-bond donors (Lipinski definition) is 2. The Morgan fingerprint density at radius 1 is 1.31 bits per heavy atom. The standard InChI is InChI=1S/C21H18N4O3S/c1-3-10-29-21-23-19-17(24-25-21)15-6-4-5-7-16(15)22-18(28-19)13-8-9-14(20(26)27)12(2)11-13/h3-9,11,18,22H,1,10H2,2H3,(H,26,27). The predicted molar refractivity (Wildman–Crippen MR) is 111 cm³/mol. The van der Waals surface area contributed by atoms with Gasteiger partial charge in [-0.3, -0.25) is 0 Å². The Labute approximate surface area is 171 Å². The first-order chi connectivity index (χ1) is 14.1. The molecule has 1 atom stereocenters. The normalized spacial score (nSPS) is 14.6. The third-order valence-electron chi connectivity index (χ3n) is 4.45. The highest BCUT2D eigenvalue weighted by molar-refractivity contribution is 7.99. The van der Waals surface area contributed by atoms with E-state index in [1.165, 1.54) is 11.8 Å². The Bertz CT molecular complexity index is 1100. The first kappa shape index (κ1) is 18.9. The number of thioether (sulfide) groups is 1. The van der Waals surface area contributed by atoms with Crippen LogP contribution in [0.15, 0.2) is 60.3 Å². The number of ether oxygens (including phenoxy) is 1. The topological polar surface area (TPSA) is 97.2 Å². The van der Waals surface area contributed by atoms with E-state index in [-0.39, 0.29) is 5.56 Å². The molecule has 0 aliphatic carbocycles. The number of hydrogen-bond acceptors (Lipinski definition) is 7. The molecule has 146 valence electrons. The van der Waals surface area contributed by atoms with E-state index in [4.69, 9.17) is 4.74 Å². The molecule has 0 spiro atoms. The van der Waals surface area contributed by atoms with E-state index in [0.717, 1.165) is 16.8 Å². The minimum atomic E-state index is -0.958. The van der Waals surface area contributed by atoms with Crippen LogP contribution in [0.1, 0.15) is 27.7 Å². The second-order valence-electron chi connectivity index (χ2n) is 6.42. The summed E-state index contributed by atoms with van der Waals surface area (Å²) in [5.74, 6) is 0.0727. The Morgan fingerprint density at radius 3 is 2.90 bits per heavy atom. The summed E-state index contributed by atoms with van der Waals surface area (Å²) < 4.78 is 6.19. The summed E-state index contributed by atoms with van der Waals surface area (Å²) >= 11 is 1.42. The molecule has 2 aromatic carbocycles. The summed E-state index contributed by atoms with van der Waals surface area (Å²) in [4.78, 5) is 15.9. The summed E-state index contributed by atoms with van der Waals surface area (Å²) in [6.45, 7) is 5.47. The number of nitrogens with zero attached hydrogens (tertiary/aromatic N) is 3. The maximum atomic E-state index is 11.3. The van der Waals surface area contributed by atoms with E-state index in [2.05, 4.69) is 27.1 Å². The first-order valence-corrected chi connectivity index (χ1v) is 9.90. The molecule has 0 saturated heterocycles. The Balaban J connectivity index is 1.78. The second kappa shape index (κ2) is 7.92. The zero-order valence-electron chi connectivity index (χ0n) is 15.6. The van der Waals surface area contributed by atoms with Gasteiger partial charge in [0.05, 0.1) is 5.56 Å². The van der Waals surface area contributed by atoms with Crippen LogP contribution in [0, 0.1) is 6.92 Å². The van der Waals surface area contributed by atoms with Crippen molar-refractivity contribution in [1.82, 2.24) is 15.2 Å². The zero-order valence-corrected chi connectivity index (χ0v) is 16.4. The summed E-state index contributed by atoms with van der Waals surface area (Å²) in [6.07, 6.45) is 1.21. The molecule has 2 heterocycles. The van der Waals surface area contributed by atoms with Crippen molar-refractivity contribution < 1.29 is 14.6 Å². The van der Waals surface area contributed by atoms with Gasteiger partial charge in [0.15, 0.2) is 11.9 Å². The monoisotopic (exact) mass is 406 g/mol. The number of aryl methyl sites for hydroxylation is 1. The third kappa shape index (κ3) is 3.79. The van der Waals surface area contributed by atoms with E-state index in [1.54, 1.807) is 31.2 Å². The van der Waals surface area contributed by atoms with Crippen LogP contribution in [0.25, 0.3) is 11.3 Å². The van der Waals surface area contributed by atoms with Gasteiger partial charge in [0.1, 0.15) is 0 Å². The zero-order chi connectivity index (χ0) is 20.4. The second-order valence-corrected chi connectivity index (χ2v) is 7.40. The molecule has 7 nitrogen and oxygen atoms in total. The van der Waals surface area contributed by atoms with Gasteiger partial charge in [-0.15, -0.1) is 16.8 Å². The number of carbonyl (C=O) groups is 1. The van der Waals surface area contributed by atoms with Crippen LogP contribution in [-0.2, 0) is 0 Å². The number of aromatic carboxylic acids is 1. The number of benzene rings is 2. The van der Waals surface area contributed by atoms with Crippen LogP contribution in [0.3, 0.4) is 0 Å². The lowest BCUT2D eigenvalue weighted by atomic mass is 10.0. The Morgan fingerprint density at radius 2 is 2.14 bits per heavy atom. The van der Waals surface area contributed by atoms with Gasteiger partial charge < -0.3 is 15.2 Å². The van der Waals surface area contributed by atoms with Crippen LogP contribution < -0.4 is 10.1 Å². The average Bonchev–Trinajstić information content (AvgIpc) is 2.88. The number of fused-ring (bicyclic) bond motifs is 3. The van der Waals surface area contributed by atoms with Gasteiger partial charge >= 0.3 is 5.97 Å². The van der Waals surface area contributed by atoms with Gasteiger partial charge in [0.25, 0.3) is 0 Å². The number of rotatable bonds is 5. The molecule has 0 amide bonds. The lowest BCUT2D eigenvalue weighted by Gasteiger charge is -2.20. The molecular formula is C21H18N4O3S. The molecule has 2 N–H and O–H groups in total. The number of aromatic nitrogens is 3. The molecule has 4 rings (SSSR count). The predicted octanol–water partition coefficient (Wildman–Crippen LogP) is 4.33. The van der Waals surface area contributed by atoms with E-state index in [1.807, 2.05) is 24.3 Å². The molecule has 0 radical (unpaired) electrons. The summed E-state index contributed by atoms with van der Waals surface area (Å²) in [5, 5.41) is 21.7. The smallest absolute Gasteiger partial charge is 0.335 e. The molecule has 0 saturated carbocycles. The molecule has 0 fully saturated rings. The Kier molecular flexibility index (Phi) is 5.18. The number of nitrogens with one attached hydrogen (secondary N) is 1. The van der Waals surface area contributed by atoms with Crippen molar-refractivity contribution in [2.75, 3.05) is 11.1 Å². The largest absolute Gasteiger partial charge is 0.478 e. The van der Waals surface area contributed by atoms with Crippen molar-refractivity contribution in [2.24, 2.45) is 0 Å². The maximum Gasteiger partial charge on any atom is 0.335 e. The van der Waals surface area contributed by atoms with Gasteiger partial charge in [-0.1, -0.05) is 42.1 Å². The fraction of sp³-hybridized carbons (Fsp3) is 0.143. The van der Waals surface area contributed by atoms with Crippen molar-refractivity contribution >= 4 is 23.4 Å². The third-order valence-corrected chi connectivity index (χ3v) is 5.28. The van der Waals surface area contributed by atoms with E-state index >= 15 is 0 Å². The molecular weight excluding hydrogens is 388 g/mol. The highest BCUT2D eigenvalue weighted by Gasteiger charge is 2.26. The van der Waals surface area contributed by atoms with Crippen LogP contribution in [0.2, 0.25) is 0 Å². The molecule has 1 aromatic heterocycles. The fourth-order valence-corrected chi connectivity index (χ4v) is 3.60. The van der Waals surface area contributed by atoms with Crippen LogP contribution >= 0.6 is 11.8 Å². The molecule has 1 aliphatic heterocycles. The van der Waals surface area contributed by atoms with E-state index in [0.29, 0.717) is 28.0 Å². The van der Waals surface area contributed by atoms with Crippen molar-refractivity contribution in [3.63, 3.8) is 0 Å². The summed E-state index contributed by atoms with van der Waals surface area (Å²) in [5.41, 5.74) is 3.92. The molecule has 8 heteroatoms. The molecule has 0 bridgehead atoms. The molecule has 29 heavy (non-hydrogen) atoms. The van der Waals surface area contributed by atoms with Crippen LogP contribution in [0.4, 0.5) is 5.69 Å².